The number of nitrogens with one attached hydrogen (secondary N) is 1. The first kappa shape index (κ1) is 14.8. The Bertz CT molecular complexity index is 742. The Morgan fingerprint density at radius 3 is 2.55 bits per heavy atom. The largest absolute Gasteiger partial charge is 0.375 e. The fraction of sp³-hybridized carbons (Fsp3) is 0.176. The molecule has 1 unspecified atom stereocenters. The zero-order chi connectivity index (χ0) is 15.7. The summed E-state index contributed by atoms with van der Waals surface area (Å²) in [6.45, 7) is 0. The van der Waals surface area contributed by atoms with E-state index in [1.54, 1.807) is 48.2 Å². The first-order chi connectivity index (χ1) is 10.5. The highest BCUT2D eigenvalue weighted by Crippen LogP contribution is 2.38. The number of amides is 1. The molecule has 0 radical (unpaired) electrons. The molecular weight excluding hydrogens is 298 g/mol. The number of hydrogen-bond acceptors (Lipinski definition) is 4. The third kappa shape index (κ3) is 2.42. The summed E-state index contributed by atoms with van der Waals surface area (Å²) < 4.78 is 0. The number of rotatable bonds is 4. The number of aliphatic hydroxyl groups is 1. The van der Waals surface area contributed by atoms with Gasteiger partial charge in [-0.25, -0.2) is 0 Å². The highest BCUT2D eigenvalue weighted by atomic mass is 32.2. The van der Waals surface area contributed by atoms with E-state index in [1.807, 2.05) is 18.4 Å². The summed E-state index contributed by atoms with van der Waals surface area (Å²) in [6, 6.07) is 14.0. The maximum atomic E-state index is 12.4. The van der Waals surface area contributed by atoms with Crippen molar-refractivity contribution in [2.75, 3.05) is 11.6 Å². The monoisotopic (exact) mass is 313 g/mol. The Morgan fingerprint density at radius 2 is 1.86 bits per heavy atom. The van der Waals surface area contributed by atoms with Crippen molar-refractivity contribution < 1.29 is 14.7 Å². The van der Waals surface area contributed by atoms with E-state index in [0.29, 0.717) is 16.8 Å². The molecule has 1 amide bonds. The van der Waals surface area contributed by atoms with Crippen LogP contribution in [0.1, 0.15) is 22.3 Å². The average Bonchev–Trinajstić information content (AvgIpc) is 2.79. The summed E-state index contributed by atoms with van der Waals surface area (Å²) in [6.07, 6.45) is 1.69. The molecule has 2 aromatic rings. The van der Waals surface area contributed by atoms with Gasteiger partial charge in [0.05, 0.1) is 6.42 Å². The molecule has 2 N–H and O–H groups in total. The lowest BCUT2D eigenvalue weighted by Crippen LogP contribution is -2.36. The molecule has 4 nitrogen and oxygen atoms in total. The second-order valence-corrected chi connectivity index (χ2v) is 6.07. The summed E-state index contributed by atoms with van der Waals surface area (Å²) in [4.78, 5) is 25.6. The van der Waals surface area contributed by atoms with E-state index in [-0.39, 0.29) is 12.2 Å². The molecule has 5 heteroatoms. The molecule has 0 spiro atoms. The number of hydrogen-bond donors (Lipinski definition) is 2. The molecular formula is C17H15NO3S. The number of ketones is 1. The number of Topliss-reactive ketones (excluding diaryl/α,β-unsaturated/α-hetero) is 1. The van der Waals surface area contributed by atoms with Crippen LogP contribution in [0.3, 0.4) is 0 Å². The number of para-hydroxylation sites is 1. The van der Waals surface area contributed by atoms with E-state index >= 15 is 0 Å². The molecule has 0 aliphatic carbocycles. The van der Waals surface area contributed by atoms with Crippen molar-refractivity contribution in [3.63, 3.8) is 0 Å². The Labute approximate surface area is 132 Å². The van der Waals surface area contributed by atoms with Gasteiger partial charge in [-0.05, 0) is 24.5 Å². The summed E-state index contributed by atoms with van der Waals surface area (Å²) in [5, 5.41) is 13.3. The molecule has 1 aliphatic heterocycles. The number of thioether (sulfide) groups is 1. The molecule has 3 rings (SSSR count). The van der Waals surface area contributed by atoms with Crippen LogP contribution in [0.2, 0.25) is 0 Å². The number of anilines is 1. The molecule has 112 valence electrons. The van der Waals surface area contributed by atoms with Crippen molar-refractivity contribution in [2.45, 2.75) is 16.9 Å². The Kier molecular flexibility index (Phi) is 3.76. The SMILES string of the molecule is CSc1ccc(C(=O)CC2(O)C(=O)Nc3ccccc32)cc1. The smallest absolute Gasteiger partial charge is 0.261 e. The second-order valence-electron chi connectivity index (χ2n) is 5.19. The van der Waals surface area contributed by atoms with Gasteiger partial charge in [-0.15, -0.1) is 11.8 Å². The Balaban J connectivity index is 1.88. The second kappa shape index (κ2) is 5.59. The van der Waals surface area contributed by atoms with E-state index < -0.39 is 11.5 Å². The summed E-state index contributed by atoms with van der Waals surface area (Å²) in [5.41, 5.74) is -0.302. The third-order valence-corrected chi connectivity index (χ3v) is 4.57. The molecule has 0 bridgehead atoms. The van der Waals surface area contributed by atoms with Gasteiger partial charge in [0.25, 0.3) is 5.91 Å². The number of carbonyl (C=O) groups is 2. The van der Waals surface area contributed by atoms with Crippen molar-refractivity contribution in [1.82, 2.24) is 0 Å². The minimum atomic E-state index is -1.80. The van der Waals surface area contributed by atoms with Gasteiger partial charge >= 0.3 is 0 Å². The van der Waals surface area contributed by atoms with E-state index in [9.17, 15) is 14.7 Å². The average molecular weight is 313 g/mol. The van der Waals surface area contributed by atoms with Gasteiger partial charge < -0.3 is 10.4 Å². The lowest BCUT2D eigenvalue weighted by atomic mass is 9.88. The zero-order valence-electron chi connectivity index (χ0n) is 12.0. The number of benzene rings is 2. The maximum absolute atomic E-state index is 12.4. The molecule has 0 saturated heterocycles. The van der Waals surface area contributed by atoms with Crippen LogP contribution < -0.4 is 5.32 Å². The molecule has 0 fully saturated rings. The zero-order valence-corrected chi connectivity index (χ0v) is 12.8. The molecule has 2 aromatic carbocycles. The third-order valence-electron chi connectivity index (χ3n) is 3.82. The van der Waals surface area contributed by atoms with Crippen molar-refractivity contribution in [2.24, 2.45) is 0 Å². The van der Waals surface area contributed by atoms with Crippen molar-refractivity contribution >= 4 is 29.1 Å². The van der Waals surface area contributed by atoms with Crippen LogP contribution in [0.25, 0.3) is 0 Å². The molecule has 1 atom stereocenters. The molecule has 0 saturated carbocycles. The van der Waals surface area contributed by atoms with Crippen molar-refractivity contribution in [3.8, 4) is 0 Å². The normalized spacial score (nSPS) is 19.6. The Hall–Kier alpha value is -2.11. The van der Waals surface area contributed by atoms with Crippen LogP contribution in [0.4, 0.5) is 5.69 Å². The standard InChI is InChI=1S/C17H15NO3S/c1-22-12-8-6-11(7-9-12)15(19)10-17(21)13-4-2-3-5-14(13)18-16(17)20/h2-9,21H,10H2,1H3,(H,18,20). The lowest BCUT2D eigenvalue weighted by Gasteiger charge is -2.20. The van der Waals surface area contributed by atoms with Gasteiger partial charge in [-0.3, -0.25) is 9.59 Å². The first-order valence-corrected chi connectivity index (χ1v) is 8.07. The highest BCUT2D eigenvalue weighted by Gasteiger charge is 2.46. The Morgan fingerprint density at radius 1 is 1.18 bits per heavy atom. The summed E-state index contributed by atoms with van der Waals surface area (Å²) in [5.74, 6) is -0.815. The highest BCUT2D eigenvalue weighted by molar-refractivity contribution is 7.98. The number of carbonyl (C=O) groups excluding carboxylic acids is 2. The predicted molar refractivity (Wildman–Crippen MR) is 86.1 cm³/mol. The minimum Gasteiger partial charge on any atom is -0.375 e. The number of fused-ring (bicyclic) bond motifs is 1. The lowest BCUT2D eigenvalue weighted by molar-refractivity contribution is -0.133. The maximum Gasteiger partial charge on any atom is 0.261 e. The van der Waals surface area contributed by atoms with E-state index in [4.69, 9.17) is 0 Å². The van der Waals surface area contributed by atoms with Gasteiger partial charge in [0.2, 0.25) is 0 Å². The first-order valence-electron chi connectivity index (χ1n) is 6.85. The topological polar surface area (TPSA) is 66.4 Å². The van der Waals surface area contributed by atoms with E-state index in [1.165, 1.54) is 0 Å². The van der Waals surface area contributed by atoms with Crippen molar-refractivity contribution in [3.05, 3.63) is 59.7 Å². The summed E-state index contributed by atoms with van der Waals surface area (Å²) >= 11 is 1.59. The van der Waals surface area contributed by atoms with Crippen LogP contribution in [-0.2, 0) is 10.4 Å². The summed E-state index contributed by atoms with van der Waals surface area (Å²) in [7, 11) is 0. The fourth-order valence-electron chi connectivity index (χ4n) is 2.59. The molecule has 22 heavy (non-hydrogen) atoms. The fourth-order valence-corrected chi connectivity index (χ4v) is 3.00. The van der Waals surface area contributed by atoms with Gasteiger partial charge in [0, 0.05) is 21.7 Å². The molecule has 1 heterocycles. The van der Waals surface area contributed by atoms with E-state index in [2.05, 4.69) is 5.32 Å². The van der Waals surface area contributed by atoms with E-state index in [0.717, 1.165) is 4.90 Å². The van der Waals surface area contributed by atoms with Gasteiger partial charge in [-0.1, -0.05) is 30.3 Å². The predicted octanol–water partition coefficient (Wildman–Crippen LogP) is 2.82. The van der Waals surface area contributed by atoms with Crippen molar-refractivity contribution in [1.29, 1.82) is 0 Å². The van der Waals surface area contributed by atoms with Crippen LogP contribution in [0.5, 0.6) is 0 Å². The minimum absolute atomic E-state index is 0.262. The molecule has 1 aliphatic rings. The van der Waals surface area contributed by atoms with Gasteiger partial charge in [0.15, 0.2) is 11.4 Å². The molecule has 0 aromatic heterocycles. The van der Waals surface area contributed by atoms with Crippen LogP contribution in [-0.4, -0.2) is 23.1 Å². The van der Waals surface area contributed by atoms with Crippen LogP contribution >= 0.6 is 11.8 Å². The van der Waals surface area contributed by atoms with Gasteiger partial charge in [0.1, 0.15) is 0 Å². The van der Waals surface area contributed by atoms with Crippen LogP contribution in [0, 0.1) is 0 Å². The quantitative estimate of drug-likeness (QED) is 0.673. The van der Waals surface area contributed by atoms with Crippen LogP contribution in [0.15, 0.2) is 53.4 Å². The van der Waals surface area contributed by atoms with Gasteiger partial charge in [-0.2, -0.15) is 0 Å².